The lowest BCUT2D eigenvalue weighted by atomic mass is 10.1. The highest BCUT2D eigenvalue weighted by atomic mass is 35.5. The highest BCUT2D eigenvalue weighted by Gasteiger charge is 2.31. The van der Waals surface area contributed by atoms with Crippen LogP contribution in [0.25, 0.3) is 22.2 Å². The Bertz CT molecular complexity index is 1160. The molecule has 0 bridgehead atoms. The van der Waals surface area contributed by atoms with Gasteiger partial charge in [0.25, 0.3) is 0 Å². The van der Waals surface area contributed by atoms with Gasteiger partial charge in [0, 0.05) is 18.0 Å². The number of nitrogens with zero attached hydrogens (tertiary/aromatic N) is 3. The molecule has 6 heteroatoms. The van der Waals surface area contributed by atoms with Gasteiger partial charge in [-0.2, -0.15) is 0 Å². The molecule has 28 heavy (non-hydrogen) atoms. The third-order valence-electron chi connectivity index (χ3n) is 4.70. The monoisotopic (exact) mass is 395 g/mol. The van der Waals surface area contributed by atoms with Crippen molar-refractivity contribution in [1.82, 2.24) is 14.8 Å². The van der Waals surface area contributed by atoms with Crippen molar-refractivity contribution in [2.75, 3.05) is 0 Å². The fraction of sp³-hybridized carbons (Fsp3) is 0.182. The van der Waals surface area contributed by atoms with E-state index in [-0.39, 0.29) is 5.02 Å². The van der Waals surface area contributed by atoms with E-state index in [9.17, 15) is 4.39 Å². The Morgan fingerprint density at radius 1 is 1.00 bits per heavy atom. The average Bonchev–Trinajstić information content (AvgIpc) is 3.04. The molecule has 0 radical (unpaired) electrons. The second kappa shape index (κ2) is 6.91. The second-order valence-electron chi connectivity index (χ2n) is 7.12. The van der Waals surface area contributed by atoms with Gasteiger partial charge in [-0.25, -0.2) is 4.39 Å². The van der Waals surface area contributed by atoms with E-state index in [0.29, 0.717) is 17.2 Å². The first-order valence-electron chi connectivity index (χ1n) is 8.89. The largest absolute Gasteiger partial charge is 0.479 e. The highest BCUT2D eigenvalue weighted by Crippen LogP contribution is 2.34. The lowest BCUT2D eigenvalue weighted by Gasteiger charge is -2.26. The van der Waals surface area contributed by atoms with Gasteiger partial charge in [0.2, 0.25) is 0 Å². The lowest BCUT2D eigenvalue weighted by Crippen LogP contribution is -2.29. The number of halogens is 2. The molecule has 1 heterocycles. The summed E-state index contributed by atoms with van der Waals surface area (Å²) in [6, 6.07) is 18.2. The van der Waals surface area contributed by atoms with Crippen molar-refractivity contribution in [3.05, 3.63) is 77.3 Å². The topological polar surface area (TPSA) is 39.9 Å². The molecule has 0 aliphatic heterocycles. The summed E-state index contributed by atoms with van der Waals surface area (Å²) in [6.45, 7) is 3.88. The van der Waals surface area contributed by atoms with E-state index in [0.717, 1.165) is 16.5 Å². The van der Waals surface area contributed by atoms with Gasteiger partial charge in [0.15, 0.2) is 17.2 Å². The van der Waals surface area contributed by atoms with E-state index in [1.807, 2.05) is 67.9 Å². The van der Waals surface area contributed by atoms with E-state index < -0.39 is 11.4 Å². The molecule has 142 valence electrons. The van der Waals surface area contributed by atoms with Crippen molar-refractivity contribution in [1.29, 1.82) is 0 Å². The Morgan fingerprint density at radius 2 is 1.75 bits per heavy atom. The fourth-order valence-corrected chi connectivity index (χ4v) is 3.62. The molecule has 0 atom stereocenters. The summed E-state index contributed by atoms with van der Waals surface area (Å²) in [5.41, 5.74) is -0.137. The minimum atomic E-state index is -0.753. The maximum atomic E-state index is 13.4. The smallest absolute Gasteiger partial charge is 0.176 e. The third kappa shape index (κ3) is 3.22. The Kier molecular flexibility index (Phi) is 4.55. The van der Waals surface area contributed by atoms with E-state index in [1.165, 1.54) is 12.1 Å². The minimum absolute atomic E-state index is 0.287. The molecule has 0 fully saturated rings. The maximum Gasteiger partial charge on any atom is 0.176 e. The predicted octanol–water partition coefficient (Wildman–Crippen LogP) is 5.74. The molecule has 3 aromatic carbocycles. The Balaban J connectivity index is 1.73. The maximum absolute atomic E-state index is 13.4. The Hall–Kier alpha value is -2.92. The van der Waals surface area contributed by atoms with Crippen LogP contribution in [-0.2, 0) is 12.6 Å². The van der Waals surface area contributed by atoms with Crippen molar-refractivity contribution in [2.45, 2.75) is 19.4 Å². The van der Waals surface area contributed by atoms with E-state index >= 15 is 0 Å². The molecule has 0 aliphatic rings. The summed E-state index contributed by atoms with van der Waals surface area (Å²) < 4.78 is 21.6. The molecule has 4 rings (SSSR count). The zero-order valence-electron chi connectivity index (χ0n) is 15.8. The van der Waals surface area contributed by atoms with Crippen molar-refractivity contribution in [3.63, 3.8) is 0 Å². The van der Waals surface area contributed by atoms with Gasteiger partial charge in [0.1, 0.15) is 11.6 Å². The standard InChI is InChI=1S/C22H19ClFN3O/c1-22(2,28-19-10-6-8-14-7-4-5-9-16(14)19)21-26-25-20(27(21)3)17-12-11-15(24)13-18(17)23/h4-13H,1-3H3. The highest BCUT2D eigenvalue weighted by molar-refractivity contribution is 6.33. The van der Waals surface area contributed by atoms with Crippen LogP contribution in [-0.4, -0.2) is 14.8 Å². The van der Waals surface area contributed by atoms with Crippen molar-refractivity contribution >= 4 is 22.4 Å². The lowest BCUT2D eigenvalue weighted by molar-refractivity contribution is 0.0970. The predicted molar refractivity (Wildman–Crippen MR) is 109 cm³/mol. The molecular formula is C22H19ClFN3O. The van der Waals surface area contributed by atoms with Gasteiger partial charge in [-0.3, -0.25) is 0 Å². The van der Waals surface area contributed by atoms with Crippen molar-refractivity contribution in [2.24, 2.45) is 7.05 Å². The third-order valence-corrected chi connectivity index (χ3v) is 5.01. The van der Waals surface area contributed by atoms with E-state index in [1.54, 1.807) is 6.07 Å². The van der Waals surface area contributed by atoms with E-state index in [2.05, 4.69) is 10.2 Å². The van der Waals surface area contributed by atoms with Crippen LogP contribution < -0.4 is 4.74 Å². The second-order valence-corrected chi connectivity index (χ2v) is 7.53. The number of hydrogen-bond acceptors (Lipinski definition) is 3. The molecule has 0 amide bonds. The summed E-state index contributed by atoms with van der Waals surface area (Å²) in [4.78, 5) is 0. The number of ether oxygens (including phenoxy) is 1. The molecule has 4 aromatic rings. The summed E-state index contributed by atoms with van der Waals surface area (Å²) in [6.07, 6.45) is 0. The van der Waals surface area contributed by atoms with Crippen LogP contribution in [0.15, 0.2) is 60.7 Å². The zero-order chi connectivity index (χ0) is 19.9. The quantitative estimate of drug-likeness (QED) is 0.442. The van der Waals surface area contributed by atoms with Gasteiger partial charge in [-0.1, -0.05) is 48.0 Å². The Labute approximate surface area is 167 Å². The van der Waals surface area contributed by atoms with E-state index in [4.69, 9.17) is 16.3 Å². The van der Waals surface area contributed by atoms with Crippen LogP contribution in [0.1, 0.15) is 19.7 Å². The Morgan fingerprint density at radius 3 is 2.54 bits per heavy atom. The van der Waals surface area contributed by atoms with Crippen molar-refractivity contribution < 1.29 is 9.13 Å². The molecule has 0 spiro atoms. The first-order chi connectivity index (χ1) is 13.4. The van der Waals surface area contributed by atoms with Gasteiger partial charge in [-0.05, 0) is 43.5 Å². The van der Waals surface area contributed by atoms with Gasteiger partial charge < -0.3 is 9.30 Å². The zero-order valence-corrected chi connectivity index (χ0v) is 16.5. The molecule has 0 saturated carbocycles. The van der Waals surface area contributed by atoms with Crippen LogP contribution in [0.4, 0.5) is 4.39 Å². The van der Waals surface area contributed by atoms with Crippen LogP contribution >= 0.6 is 11.6 Å². The molecule has 0 aliphatic carbocycles. The summed E-state index contributed by atoms with van der Waals surface area (Å²) in [5, 5.41) is 11.0. The van der Waals surface area contributed by atoms with Crippen LogP contribution in [0.5, 0.6) is 5.75 Å². The first-order valence-corrected chi connectivity index (χ1v) is 9.27. The average molecular weight is 396 g/mol. The molecule has 4 nitrogen and oxygen atoms in total. The molecule has 1 aromatic heterocycles. The fourth-order valence-electron chi connectivity index (χ4n) is 3.36. The first kappa shape index (κ1) is 18.4. The molecule has 0 unspecified atom stereocenters. The van der Waals surface area contributed by atoms with Gasteiger partial charge in [-0.15, -0.1) is 10.2 Å². The number of fused-ring (bicyclic) bond motifs is 1. The number of benzene rings is 3. The number of hydrogen-bond donors (Lipinski definition) is 0. The summed E-state index contributed by atoms with van der Waals surface area (Å²) in [5.74, 6) is 1.56. The van der Waals surface area contributed by atoms with Crippen LogP contribution in [0.3, 0.4) is 0 Å². The minimum Gasteiger partial charge on any atom is -0.479 e. The molecular weight excluding hydrogens is 377 g/mol. The summed E-state index contributed by atoms with van der Waals surface area (Å²) in [7, 11) is 1.85. The normalized spacial score (nSPS) is 11.8. The van der Waals surface area contributed by atoms with Gasteiger partial charge in [0.05, 0.1) is 5.02 Å². The van der Waals surface area contributed by atoms with Crippen LogP contribution in [0.2, 0.25) is 5.02 Å². The molecule has 0 saturated heterocycles. The summed E-state index contributed by atoms with van der Waals surface area (Å²) >= 11 is 6.20. The van der Waals surface area contributed by atoms with Crippen LogP contribution in [0, 0.1) is 5.82 Å². The molecule has 0 N–H and O–H groups in total. The van der Waals surface area contributed by atoms with Crippen molar-refractivity contribution in [3.8, 4) is 17.1 Å². The SMILES string of the molecule is Cn1c(-c2ccc(F)cc2Cl)nnc1C(C)(C)Oc1cccc2ccccc12. The number of aromatic nitrogens is 3. The van der Waals surface area contributed by atoms with Gasteiger partial charge >= 0.3 is 0 Å². The number of rotatable bonds is 4.